The molecule has 2 aromatic rings. The Labute approximate surface area is 147 Å². The molecule has 26 heavy (non-hydrogen) atoms. The molecule has 3 N–H and O–H groups in total. The normalized spacial score (nSPS) is 10.1. The quantitative estimate of drug-likeness (QED) is 0.302. The Hall–Kier alpha value is -3.75. The van der Waals surface area contributed by atoms with Crippen molar-refractivity contribution >= 4 is 17.7 Å². The van der Waals surface area contributed by atoms with Crippen LogP contribution in [0.5, 0.6) is 28.7 Å². The van der Waals surface area contributed by atoms with Crippen LogP contribution in [0.4, 0.5) is 0 Å². The van der Waals surface area contributed by atoms with Crippen LogP contribution in [-0.2, 0) is 4.79 Å². The van der Waals surface area contributed by atoms with Gasteiger partial charge >= 0.3 is 11.9 Å². The minimum absolute atomic E-state index is 0.00905. The number of carbonyl (C=O) groups excluding carboxylic acids is 2. The molecule has 9 heteroatoms. The third kappa shape index (κ3) is 3.66. The average molecular weight is 362 g/mol. The number of carboxylic acids is 1. The van der Waals surface area contributed by atoms with Crippen LogP contribution in [0.15, 0.2) is 30.3 Å². The summed E-state index contributed by atoms with van der Waals surface area (Å²) in [7, 11) is 2.55. The van der Waals surface area contributed by atoms with Gasteiger partial charge in [0.2, 0.25) is 0 Å². The van der Waals surface area contributed by atoms with E-state index in [0.717, 1.165) is 12.1 Å². The van der Waals surface area contributed by atoms with E-state index in [1.807, 2.05) is 0 Å². The molecule has 0 saturated heterocycles. The smallest absolute Gasteiger partial charge is 0.377 e. The third-order valence-electron chi connectivity index (χ3n) is 3.33. The number of aliphatic carboxylic acids is 1. The molecule has 0 heterocycles. The first-order chi connectivity index (χ1) is 12.3. The van der Waals surface area contributed by atoms with Crippen molar-refractivity contribution in [1.82, 2.24) is 0 Å². The summed E-state index contributed by atoms with van der Waals surface area (Å²) >= 11 is 0. The highest BCUT2D eigenvalue weighted by Gasteiger charge is 2.27. The van der Waals surface area contributed by atoms with Gasteiger partial charge in [-0.25, -0.2) is 9.59 Å². The zero-order valence-corrected chi connectivity index (χ0v) is 13.7. The van der Waals surface area contributed by atoms with Crippen LogP contribution in [-0.4, -0.2) is 47.3 Å². The number of ketones is 1. The lowest BCUT2D eigenvalue weighted by atomic mass is 10.1. The molecule has 0 aromatic heterocycles. The van der Waals surface area contributed by atoms with Gasteiger partial charge in [-0.05, 0) is 18.2 Å². The first kappa shape index (κ1) is 18.6. The van der Waals surface area contributed by atoms with E-state index < -0.39 is 34.8 Å². The van der Waals surface area contributed by atoms with Crippen LogP contribution < -0.4 is 14.2 Å². The van der Waals surface area contributed by atoms with Gasteiger partial charge in [0, 0.05) is 12.1 Å². The molecule has 0 aliphatic heterocycles. The van der Waals surface area contributed by atoms with Crippen molar-refractivity contribution < 1.29 is 43.9 Å². The molecule has 136 valence electrons. The topological polar surface area (TPSA) is 140 Å². The fourth-order valence-electron chi connectivity index (χ4n) is 2.07. The van der Waals surface area contributed by atoms with E-state index in [-0.39, 0.29) is 22.8 Å². The van der Waals surface area contributed by atoms with Gasteiger partial charge in [0.1, 0.15) is 22.8 Å². The maximum absolute atomic E-state index is 12.3. The van der Waals surface area contributed by atoms with Crippen LogP contribution in [0.2, 0.25) is 0 Å². The van der Waals surface area contributed by atoms with Gasteiger partial charge in [0.05, 0.1) is 19.8 Å². The molecule has 0 atom stereocenters. The van der Waals surface area contributed by atoms with E-state index in [1.165, 1.54) is 32.4 Å². The SMILES string of the molecule is COc1cc(O)c(C(=O)C(=O)O)c(OC(=O)c2ccc(O)c(OC)c2)c1. The fourth-order valence-corrected chi connectivity index (χ4v) is 2.07. The Bertz CT molecular complexity index is 886. The molecule has 0 aliphatic carbocycles. The van der Waals surface area contributed by atoms with Crippen LogP contribution in [0.3, 0.4) is 0 Å². The number of hydrogen-bond donors (Lipinski definition) is 3. The molecule has 0 radical (unpaired) electrons. The van der Waals surface area contributed by atoms with Crippen LogP contribution in [0.1, 0.15) is 20.7 Å². The Morgan fingerprint density at radius 2 is 1.58 bits per heavy atom. The van der Waals surface area contributed by atoms with Gasteiger partial charge in [0.25, 0.3) is 5.78 Å². The second-order valence-corrected chi connectivity index (χ2v) is 4.93. The minimum atomic E-state index is -1.84. The first-order valence-electron chi connectivity index (χ1n) is 7.06. The molecule has 0 bridgehead atoms. The van der Waals surface area contributed by atoms with E-state index in [1.54, 1.807) is 0 Å². The summed E-state index contributed by atoms with van der Waals surface area (Å²) in [5.74, 6) is -5.65. The Balaban J connectivity index is 2.47. The summed E-state index contributed by atoms with van der Waals surface area (Å²) in [4.78, 5) is 35.1. The molecule has 0 saturated carbocycles. The Morgan fingerprint density at radius 3 is 2.15 bits per heavy atom. The number of hydrogen-bond acceptors (Lipinski definition) is 8. The van der Waals surface area contributed by atoms with E-state index in [0.29, 0.717) is 0 Å². The molecule has 0 aliphatic rings. The molecule has 2 aromatic carbocycles. The summed E-state index contributed by atoms with van der Waals surface area (Å²) in [6.45, 7) is 0. The van der Waals surface area contributed by atoms with Crippen molar-refractivity contribution in [3.05, 3.63) is 41.5 Å². The number of aromatic hydroxyl groups is 2. The van der Waals surface area contributed by atoms with Gasteiger partial charge in [-0.2, -0.15) is 0 Å². The molecular formula is C17H14O9. The van der Waals surface area contributed by atoms with Crippen molar-refractivity contribution in [2.24, 2.45) is 0 Å². The Morgan fingerprint density at radius 1 is 0.885 bits per heavy atom. The molecule has 0 unspecified atom stereocenters. The van der Waals surface area contributed by atoms with Crippen molar-refractivity contribution in [2.75, 3.05) is 14.2 Å². The summed E-state index contributed by atoms with van der Waals surface area (Å²) < 4.78 is 14.9. The number of phenols is 2. The Kier molecular flexibility index (Phi) is 5.31. The van der Waals surface area contributed by atoms with Gasteiger partial charge in [-0.3, -0.25) is 4.79 Å². The van der Waals surface area contributed by atoms with E-state index >= 15 is 0 Å². The summed E-state index contributed by atoms with van der Waals surface area (Å²) in [6, 6.07) is 5.72. The molecule has 2 rings (SSSR count). The zero-order chi connectivity index (χ0) is 19.4. The number of Topliss-reactive ketones (excluding diaryl/α,β-unsaturated/α-hetero) is 1. The molecule has 9 nitrogen and oxygen atoms in total. The second-order valence-electron chi connectivity index (χ2n) is 4.93. The molecule has 0 amide bonds. The lowest BCUT2D eigenvalue weighted by molar-refractivity contribution is -0.131. The van der Waals surface area contributed by atoms with Gasteiger partial charge in [-0.15, -0.1) is 0 Å². The van der Waals surface area contributed by atoms with Crippen molar-refractivity contribution in [2.45, 2.75) is 0 Å². The largest absolute Gasteiger partial charge is 0.507 e. The van der Waals surface area contributed by atoms with Crippen molar-refractivity contribution in [3.8, 4) is 28.7 Å². The highest BCUT2D eigenvalue weighted by atomic mass is 16.5. The average Bonchev–Trinajstić information content (AvgIpc) is 2.61. The number of esters is 1. The van der Waals surface area contributed by atoms with Crippen LogP contribution >= 0.6 is 0 Å². The first-order valence-corrected chi connectivity index (χ1v) is 7.06. The number of benzene rings is 2. The molecular weight excluding hydrogens is 348 g/mol. The third-order valence-corrected chi connectivity index (χ3v) is 3.33. The number of carbonyl (C=O) groups is 3. The fraction of sp³-hybridized carbons (Fsp3) is 0.118. The number of phenolic OH excluding ortho intramolecular Hbond substituents is 2. The van der Waals surface area contributed by atoms with E-state index in [4.69, 9.17) is 19.3 Å². The standard InChI is InChI=1S/C17H14O9/c1-24-9-6-11(19)14(15(20)16(21)22)13(7-9)26-17(23)8-3-4-10(18)12(5-8)25-2/h3-7,18-19H,1-2H3,(H,21,22). The lowest BCUT2D eigenvalue weighted by Crippen LogP contribution is -2.17. The van der Waals surface area contributed by atoms with Crippen molar-refractivity contribution in [3.63, 3.8) is 0 Å². The maximum atomic E-state index is 12.3. The highest BCUT2D eigenvalue weighted by molar-refractivity contribution is 6.41. The predicted octanol–water partition coefficient (Wildman–Crippen LogP) is 1.60. The zero-order valence-electron chi connectivity index (χ0n) is 13.7. The highest BCUT2D eigenvalue weighted by Crippen LogP contribution is 2.35. The monoisotopic (exact) mass is 362 g/mol. The number of rotatable bonds is 6. The molecule has 0 spiro atoms. The summed E-state index contributed by atoms with van der Waals surface area (Å²) in [6.07, 6.45) is 0. The minimum Gasteiger partial charge on any atom is -0.507 e. The summed E-state index contributed by atoms with van der Waals surface area (Å²) in [5.41, 5.74) is -0.743. The van der Waals surface area contributed by atoms with Crippen LogP contribution in [0, 0.1) is 0 Å². The second kappa shape index (κ2) is 7.43. The molecule has 0 fully saturated rings. The lowest BCUT2D eigenvalue weighted by Gasteiger charge is -2.12. The number of methoxy groups -OCH3 is 2. The van der Waals surface area contributed by atoms with Gasteiger partial charge < -0.3 is 29.5 Å². The predicted molar refractivity (Wildman–Crippen MR) is 86.2 cm³/mol. The van der Waals surface area contributed by atoms with Gasteiger partial charge in [-0.1, -0.05) is 0 Å². The van der Waals surface area contributed by atoms with Crippen molar-refractivity contribution in [1.29, 1.82) is 0 Å². The van der Waals surface area contributed by atoms with Gasteiger partial charge in [0.15, 0.2) is 11.5 Å². The van der Waals surface area contributed by atoms with Crippen LogP contribution in [0.25, 0.3) is 0 Å². The number of carboxylic acid groups (broad SMARTS) is 1. The summed E-state index contributed by atoms with van der Waals surface area (Å²) in [5, 5.41) is 28.4. The maximum Gasteiger partial charge on any atom is 0.377 e. The number of ether oxygens (including phenoxy) is 3. The van der Waals surface area contributed by atoms with E-state index in [2.05, 4.69) is 0 Å². The van der Waals surface area contributed by atoms with E-state index in [9.17, 15) is 24.6 Å².